The maximum atomic E-state index is 15.2. The maximum absolute atomic E-state index is 15.2. The van der Waals surface area contributed by atoms with Crippen molar-refractivity contribution in [3.63, 3.8) is 0 Å². The van der Waals surface area contributed by atoms with Crippen LogP contribution < -0.4 is 0 Å². The molecular weight excluding hydrogens is 1110 g/mol. The van der Waals surface area contributed by atoms with Gasteiger partial charge in [-0.2, -0.15) is 0 Å². The molecule has 0 aromatic rings. The summed E-state index contributed by atoms with van der Waals surface area (Å²) >= 11 is 0. The zero-order valence-corrected chi connectivity index (χ0v) is 49.0. The summed E-state index contributed by atoms with van der Waals surface area (Å²) in [6.45, 7) is 15.5. The zero-order valence-electron chi connectivity index (χ0n) is 49.0. The Labute approximate surface area is 487 Å². The number of carboxylic acids is 1. The van der Waals surface area contributed by atoms with Crippen LogP contribution in [0.1, 0.15) is 120 Å². The summed E-state index contributed by atoms with van der Waals surface area (Å²) in [6, 6.07) is 0. The van der Waals surface area contributed by atoms with Crippen molar-refractivity contribution in [3.8, 4) is 0 Å². The molecule has 84 heavy (non-hydrogen) atoms. The van der Waals surface area contributed by atoms with Crippen LogP contribution in [0, 0.1) is 50.2 Å². The minimum atomic E-state index is -1.94. The molecule has 5 aliphatic heterocycles. The number of rotatable bonds is 12. The number of ether oxygens (including phenoxy) is 10. The van der Waals surface area contributed by atoms with Gasteiger partial charge < -0.3 is 119 Å². The first kappa shape index (κ1) is 64.8. The number of esters is 1. The number of aliphatic hydroxyl groups is 13. The highest BCUT2D eigenvalue weighted by Crippen LogP contribution is 2.76. The summed E-state index contributed by atoms with van der Waals surface area (Å²) in [7, 11) is 0. The van der Waals surface area contributed by atoms with Gasteiger partial charge in [-0.25, -0.2) is 4.79 Å². The van der Waals surface area contributed by atoms with Crippen molar-refractivity contribution in [3.05, 3.63) is 11.6 Å². The molecule has 0 spiro atoms. The summed E-state index contributed by atoms with van der Waals surface area (Å²) in [5.74, 6) is -2.18. The predicted molar refractivity (Wildman–Crippen MR) is 283 cm³/mol. The monoisotopic (exact) mass is 1200 g/mol. The van der Waals surface area contributed by atoms with E-state index in [1.165, 1.54) is 12.5 Å². The lowest BCUT2D eigenvalue weighted by atomic mass is 9.33. The number of hydrogen-bond donors (Lipinski definition) is 14. The van der Waals surface area contributed by atoms with Gasteiger partial charge in [0.05, 0.1) is 37.4 Å². The molecule has 0 bridgehead atoms. The number of carbonyl (C=O) groups is 2. The standard InChI is InChI=1S/C58H92O26/c1-23-32(61)35(64)39(68)49(77-23)82-44-41(70)45(46(72)73)83-51(42(44)71)80-31-12-13-55(6)29(54(31,4)5)11-14-57(8)30(55)10-9-24-25-19-53(2,3)15-17-58(25,18-16-56(24,57)7)52(74)84-50-40(69)36(65)43(27(20-59)78-50)81-48-38(67)34(63)28(22-76-48)79-47-37(66)33(62)26(60)21-75-47/h9,23,25-45,47-51,59-71H,10-22H2,1-8H3,(H,72,73). The van der Waals surface area contributed by atoms with E-state index in [4.69, 9.17) is 47.4 Å². The first-order valence-electron chi connectivity index (χ1n) is 30.0. The third-order valence-corrected chi connectivity index (χ3v) is 22.7. The van der Waals surface area contributed by atoms with Crippen molar-refractivity contribution >= 4 is 11.9 Å². The Kier molecular flexibility index (Phi) is 18.2. The average molecular weight is 1210 g/mol. The second kappa shape index (κ2) is 23.6. The Hall–Kier alpha value is -2.20. The van der Waals surface area contributed by atoms with Gasteiger partial charge in [-0.3, -0.25) is 4.79 Å². The van der Waals surface area contributed by atoms with Crippen LogP contribution in [-0.2, 0) is 57.0 Å². The molecule has 9 fully saturated rings. The lowest BCUT2D eigenvalue weighted by molar-refractivity contribution is -0.363. The number of allylic oxidation sites excluding steroid dienone is 2. The minimum Gasteiger partial charge on any atom is -0.479 e. The van der Waals surface area contributed by atoms with Gasteiger partial charge >= 0.3 is 11.9 Å². The molecule has 5 saturated heterocycles. The second-order valence-corrected chi connectivity index (χ2v) is 28.2. The SMILES string of the molecule is CC1OC(OC2C(O)C(OC3CCC4(C)C(CCC5(C)C4CC=C4C6CC(C)(C)CCC6(C(=O)OC6OC(CO)C(OC7OCC(OC8OCC(O)C(O)C8O)C(O)C7O)C(O)C6O)CCC45C)C3(C)C)OC(C(=O)O)C2O)C(O)C(O)C1O. The fraction of sp³-hybridized carbons (Fsp3) is 0.931. The van der Waals surface area contributed by atoms with Crippen molar-refractivity contribution in [2.24, 2.45) is 50.2 Å². The summed E-state index contributed by atoms with van der Waals surface area (Å²) in [5, 5.41) is 151. The highest BCUT2D eigenvalue weighted by atomic mass is 16.8. The molecule has 0 aromatic carbocycles. The molecule has 4 saturated carbocycles. The van der Waals surface area contributed by atoms with E-state index >= 15 is 4.79 Å². The first-order valence-corrected chi connectivity index (χ1v) is 30.0. The van der Waals surface area contributed by atoms with E-state index in [2.05, 4.69) is 54.5 Å². The number of aliphatic hydroxyl groups excluding tert-OH is 13. The van der Waals surface area contributed by atoms with Crippen molar-refractivity contribution < 1.29 is 128 Å². The smallest absolute Gasteiger partial charge is 0.335 e. The predicted octanol–water partition coefficient (Wildman–Crippen LogP) is -1.81. The van der Waals surface area contributed by atoms with Crippen molar-refractivity contribution in [2.75, 3.05) is 19.8 Å². The molecule has 5 aliphatic carbocycles. The first-order chi connectivity index (χ1) is 39.3. The number of hydrogen-bond acceptors (Lipinski definition) is 25. The van der Waals surface area contributed by atoms with Gasteiger partial charge in [0.2, 0.25) is 6.29 Å². The minimum absolute atomic E-state index is 0.0653. The van der Waals surface area contributed by atoms with Crippen LogP contribution in [0.15, 0.2) is 11.6 Å². The topological polar surface area (TPSA) is 410 Å². The molecule has 5 heterocycles. The van der Waals surface area contributed by atoms with Crippen LogP contribution in [0.25, 0.3) is 0 Å². The van der Waals surface area contributed by atoms with E-state index in [-0.39, 0.29) is 46.0 Å². The molecule has 0 radical (unpaired) electrons. The van der Waals surface area contributed by atoms with Gasteiger partial charge in [0, 0.05) is 0 Å². The third-order valence-electron chi connectivity index (χ3n) is 22.7. The lowest BCUT2D eigenvalue weighted by Gasteiger charge is -2.71. The van der Waals surface area contributed by atoms with Crippen molar-refractivity contribution in [1.82, 2.24) is 0 Å². The van der Waals surface area contributed by atoms with Crippen LogP contribution in [0.4, 0.5) is 0 Å². The van der Waals surface area contributed by atoms with Crippen molar-refractivity contribution in [2.45, 2.75) is 267 Å². The maximum Gasteiger partial charge on any atom is 0.335 e. The van der Waals surface area contributed by atoms with Gasteiger partial charge in [0.15, 0.2) is 31.3 Å². The third kappa shape index (κ3) is 10.7. The number of carboxylic acid groups (broad SMARTS) is 1. The number of fused-ring (bicyclic) bond motifs is 7. The zero-order chi connectivity index (χ0) is 61.3. The number of aliphatic carboxylic acids is 1. The molecule has 26 nitrogen and oxygen atoms in total. The average Bonchev–Trinajstić information content (AvgIpc) is 0.686. The van der Waals surface area contributed by atoms with Gasteiger partial charge in [-0.15, -0.1) is 0 Å². The Morgan fingerprint density at radius 2 is 1.20 bits per heavy atom. The number of carbonyl (C=O) groups excluding carboxylic acids is 1. The molecular formula is C58H92O26. The van der Waals surface area contributed by atoms with Gasteiger partial charge in [-0.1, -0.05) is 60.1 Å². The highest BCUT2D eigenvalue weighted by Gasteiger charge is 2.70. The Balaban J connectivity index is 0.823. The quantitative estimate of drug-likeness (QED) is 0.0582. The molecule has 0 aromatic heterocycles. The van der Waals surface area contributed by atoms with Gasteiger partial charge in [-0.05, 0) is 116 Å². The normalized spacial score (nSPS) is 53.7. The van der Waals surface area contributed by atoms with Crippen LogP contribution in [-0.4, -0.2) is 251 Å². The van der Waals surface area contributed by atoms with Crippen LogP contribution in [0.3, 0.4) is 0 Å². The van der Waals surface area contributed by atoms with Crippen LogP contribution in [0.5, 0.6) is 0 Å². The molecule has 31 atom stereocenters. The Morgan fingerprint density at radius 3 is 1.89 bits per heavy atom. The molecule has 26 heteroatoms. The van der Waals surface area contributed by atoms with E-state index in [1.807, 2.05) is 0 Å². The highest BCUT2D eigenvalue weighted by molar-refractivity contribution is 5.79. The fourth-order valence-electron chi connectivity index (χ4n) is 17.4. The van der Waals surface area contributed by atoms with Gasteiger partial charge in [0.1, 0.15) is 97.7 Å². The molecule has 31 unspecified atom stereocenters. The second-order valence-electron chi connectivity index (χ2n) is 28.2. The van der Waals surface area contributed by atoms with E-state index < -0.39 is 183 Å². The molecule has 10 rings (SSSR count). The Morgan fingerprint density at radius 1 is 0.583 bits per heavy atom. The van der Waals surface area contributed by atoms with E-state index in [1.54, 1.807) is 0 Å². The van der Waals surface area contributed by atoms with Crippen LogP contribution >= 0.6 is 0 Å². The Bertz CT molecular complexity index is 2390. The molecule has 0 amide bonds. The summed E-state index contributed by atoms with van der Waals surface area (Å²) < 4.78 is 58.4. The largest absolute Gasteiger partial charge is 0.479 e. The van der Waals surface area contributed by atoms with Crippen LogP contribution in [0.2, 0.25) is 0 Å². The molecule has 10 aliphatic rings. The molecule has 14 N–H and O–H groups in total. The van der Waals surface area contributed by atoms with Crippen molar-refractivity contribution in [1.29, 1.82) is 0 Å². The lowest BCUT2D eigenvalue weighted by Crippen LogP contribution is -2.67. The van der Waals surface area contributed by atoms with E-state index in [0.717, 1.165) is 12.8 Å². The summed E-state index contributed by atoms with van der Waals surface area (Å²) in [6.07, 6.45) is -29.5. The summed E-state index contributed by atoms with van der Waals surface area (Å²) in [5.41, 5.74) is -1.47. The fourth-order valence-corrected chi connectivity index (χ4v) is 17.4. The summed E-state index contributed by atoms with van der Waals surface area (Å²) in [4.78, 5) is 27.7. The van der Waals surface area contributed by atoms with E-state index in [9.17, 15) is 76.3 Å². The van der Waals surface area contributed by atoms with E-state index in [0.29, 0.717) is 51.4 Å². The van der Waals surface area contributed by atoms with Gasteiger partial charge in [0.25, 0.3) is 0 Å². The molecule has 480 valence electrons.